The minimum absolute atomic E-state index is 0.169. The van der Waals surface area contributed by atoms with Crippen LogP contribution in [0.5, 0.6) is 0 Å². The molecule has 0 atom stereocenters. The molecule has 2 aromatic rings. The second kappa shape index (κ2) is 5.58. The van der Waals surface area contributed by atoms with Gasteiger partial charge in [0, 0.05) is 16.2 Å². The molecular formula is C11H7Br2NO5S. The third-order valence-electron chi connectivity index (χ3n) is 2.23. The number of hydrogen-bond acceptors (Lipinski definition) is 4. The number of sulfonamides is 1. The van der Waals surface area contributed by atoms with Gasteiger partial charge in [0.05, 0.1) is 0 Å². The fourth-order valence-corrected chi connectivity index (χ4v) is 3.79. The van der Waals surface area contributed by atoms with Crippen molar-refractivity contribution in [2.75, 3.05) is 4.72 Å². The zero-order valence-electron chi connectivity index (χ0n) is 9.63. The highest BCUT2D eigenvalue weighted by Gasteiger charge is 2.25. The Bertz CT molecular complexity index is 769. The van der Waals surface area contributed by atoms with E-state index in [4.69, 9.17) is 9.52 Å². The van der Waals surface area contributed by atoms with E-state index in [0.717, 1.165) is 6.07 Å². The lowest BCUT2D eigenvalue weighted by atomic mass is 10.3. The Hall–Kier alpha value is -1.32. The third kappa shape index (κ3) is 3.22. The average molecular weight is 425 g/mol. The molecule has 0 unspecified atom stereocenters. The van der Waals surface area contributed by atoms with Crippen LogP contribution in [-0.2, 0) is 10.0 Å². The minimum Gasteiger partial charge on any atom is -0.475 e. The van der Waals surface area contributed by atoms with Crippen LogP contribution in [0.15, 0.2) is 48.8 Å². The first kappa shape index (κ1) is 15.1. The van der Waals surface area contributed by atoms with E-state index in [1.165, 1.54) is 0 Å². The predicted molar refractivity (Wildman–Crippen MR) is 78.3 cm³/mol. The molecule has 0 fully saturated rings. The number of anilines is 1. The Kier molecular flexibility index (Phi) is 4.21. The standard InChI is InChI=1S/C11H7Br2NO5S/c12-6-2-1-3-7(4-6)14-20(17,18)9-5-8(11(15)16)19-10(9)13/h1-5,14H,(H,15,16). The maximum Gasteiger partial charge on any atom is 0.371 e. The SMILES string of the molecule is O=C(O)c1cc(S(=O)(=O)Nc2cccc(Br)c2)c(Br)o1. The Labute approximate surface area is 131 Å². The van der Waals surface area contributed by atoms with Crippen LogP contribution in [0.4, 0.5) is 5.69 Å². The van der Waals surface area contributed by atoms with Crippen molar-refractivity contribution in [3.63, 3.8) is 0 Å². The Morgan fingerprint density at radius 2 is 1.95 bits per heavy atom. The molecule has 1 aromatic heterocycles. The van der Waals surface area contributed by atoms with Gasteiger partial charge in [-0.15, -0.1) is 0 Å². The molecule has 106 valence electrons. The fourth-order valence-electron chi connectivity index (χ4n) is 1.40. The molecule has 2 N–H and O–H groups in total. The van der Waals surface area contributed by atoms with Crippen molar-refractivity contribution in [1.29, 1.82) is 0 Å². The summed E-state index contributed by atoms with van der Waals surface area (Å²) in [6.45, 7) is 0. The zero-order valence-corrected chi connectivity index (χ0v) is 13.6. The molecule has 6 nitrogen and oxygen atoms in total. The second-order valence-electron chi connectivity index (χ2n) is 3.67. The van der Waals surface area contributed by atoms with E-state index in [1.807, 2.05) is 0 Å². The monoisotopic (exact) mass is 423 g/mol. The smallest absolute Gasteiger partial charge is 0.371 e. The number of aromatic carboxylic acids is 1. The number of carboxylic acids is 1. The van der Waals surface area contributed by atoms with Crippen LogP contribution in [0.2, 0.25) is 0 Å². The van der Waals surface area contributed by atoms with Gasteiger partial charge < -0.3 is 9.52 Å². The van der Waals surface area contributed by atoms with Crippen molar-refractivity contribution in [3.05, 3.63) is 45.2 Å². The van der Waals surface area contributed by atoms with E-state index >= 15 is 0 Å². The molecule has 0 bridgehead atoms. The first-order valence-corrected chi connectivity index (χ1v) is 8.17. The quantitative estimate of drug-likeness (QED) is 0.784. The van der Waals surface area contributed by atoms with Crippen molar-refractivity contribution in [3.8, 4) is 0 Å². The summed E-state index contributed by atoms with van der Waals surface area (Å²) in [5.74, 6) is -1.82. The van der Waals surface area contributed by atoms with Gasteiger partial charge in [-0.3, -0.25) is 4.72 Å². The molecule has 0 aliphatic carbocycles. The van der Waals surface area contributed by atoms with Gasteiger partial charge in [0.15, 0.2) is 4.67 Å². The highest BCUT2D eigenvalue weighted by atomic mass is 79.9. The molecule has 2 rings (SSSR count). The number of carboxylic acid groups (broad SMARTS) is 1. The fraction of sp³-hybridized carbons (Fsp3) is 0. The highest BCUT2D eigenvalue weighted by Crippen LogP contribution is 2.28. The number of nitrogens with one attached hydrogen (secondary N) is 1. The van der Waals surface area contributed by atoms with Crippen LogP contribution in [0.25, 0.3) is 0 Å². The molecule has 0 aliphatic rings. The van der Waals surface area contributed by atoms with Crippen molar-refractivity contribution < 1.29 is 22.7 Å². The Morgan fingerprint density at radius 3 is 2.50 bits per heavy atom. The minimum atomic E-state index is -3.95. The Morgan fingerprint density at radius 1 is 1.25 bits per heavy atom. The number of carbonyl (C=O) groups is 1. The summed E-state index contributed by atoms with van der Waals surface area (Å²) in [5, 5.41) is 8.78. The van der Waals surface area contributed by atoms with Crippen molar-refractivity contribution in [1.82, 2.24) is 0 Å². The van der Waals surface area contributed by atoms with Gasteiger partial charge in [-0.1, -0.05) is 22.0 Å². The van der Waals surface area contributed by atoms with E-state index in [0.29, 0.717) is 10.2 Å². The molecule has 1 aromatic carbocycles. The normalized spacial score (nSPS) is 11.3. The van der Waals surface area contributed by atoms with Crippen molar-refractivity contribution in [2.24, 2.45) is 0 Å². The maximum absolute atomic E-state index is 12.2. The molecular weight excluding hydrogens is 418 g/mol. The lowest BCUT2D eigenvalue weighted by molar-refractivity contribution is 0.0661. The third-order valence-corrected chi connectivity index (χ3v) is 4.96. The van der Waals surface area contributed by atoms with Gasteiger partial charge in [0.1, 0.15) is 4.90 Å². The van der Waals surface area contributed by atoms with Gasteiger partial charge >= 0.3 is 5.97 Å². The molecule has 0 amide bonds. The van der Waals surface area contributed by atoms with Gasteiger partial charge in [-0.25, -0.2) is 13.2 Å². The number of rotatable bonds is 4. The zero-order chi connectivity index (χ0) is 14.9. The summed E-state index contributed by atoms with van der Waals surface area (Å²) in [7, 11) is -3.95. The number of benzene rings is 1. The summed E-state index contributed by atoms with van der Waals surface area (Å²) in [6, 6.07) is 7.48. The Balaban J connectivity index is 2.38. The lowest BCUT2D eigenvalue weighted by Crippen LogP contribution is -2.12. The molecule has 0 spiro atoms. The summed E-state index contributed by atoms with van der Waals surface area (Å²) >= 11 is 6.11. The summed E-state index contributed by atoms with van der Waals surface area (Å²) in [6.07, 6.45) is 0. The largest absolute Gasteiger partial charge is 0.475 e. The molecule has 0 radical (unpaired) electrons. The van der Waals surface area contributed by atoms with Crippen LogP contribution in [0, 0.1) is 0 Å². The molecule has 9 heteroatoms. The van der Waals surface area contributed by atoms with Crippen LogP contribution < -0.4 is 4.72 Å². The lowest BCUT2D eigenvalue weighted by Gasteiger charge is -2.06. The molecule has 0 aliphatic heterocycles. The van der Waals surface area contributed by atoms with Crippen molar-refractivity contribution >= 4 is 53.5 Å². The van der Waals surface area contributed by atoms with Gasteiger partial charge in [-0.2, -0.15) is 0 Å². The highest BCUT2D eigenvalue weighted by molar-refractivity contribution is 9.10. The van der Waals surface area contributed by atoms with E-state index < -0.39 is 21.8 Å². The number of halogens is 2. The van der Waals surface area contributed by atoms with E-state index in [-0.39, 0.29) is 9.56 Å². The summed E-state index contributed by atoms with van der Waals surface area (Å²) in [4.78, 5) is 10.5. The average Bonchev–Trinajstić information content (AvgIpc) is 2.71. The summed E-state index contributed by atoms with van der Waals surface area (Å²) in [5.41, 5.74) is 0.337. The first-order valence-electron chi connectivity index (χ1n) is 5.10. The molecule has 0 saturated heterocycles. The van der Waals surface area contributed by atoms with Crippen LogP contribution in [-0.4, -0.2) is 19.5 Å². The van der Waals surface area contributed by atoms with Gasteiger partial charge in [-0.05, 0) is 34.1 Å². The predicted octanol–water partition coefficient (Wildman–Crippen LogP) is 3.30. The van der Waals surface area contributed by atoms with Gasteiger partial charge in [0.25, 0.3) is 10.0 Å². The number of furan rings is 1. The van der Waals surface area contributed by atoms with E-state index in [2.05, 4.69) is 36.6 Å². The molecule has 20 heavy (non-hydrogen) atoms. The topological polar surface area (TPSA) is 96.6 Å². The van der Waals surface area contributed by atoms with Crippen LogP contribution in [0.1, 0.15) is 10.6 Å². The first-order chi connectivity index (χ1) is 9.29. The summed E-state index contributed by atoms with van der Waals surface area (Å²) < 4.78 is 32.0. The second-order valence-corrected chi connectivity index (χ2v) is 6.96. The molecule has 0 saturated carbocycles. The number of hydrogen-bond donors (Lipinski definition) is 2. The van der Waals surface area contributed by atoms with Crippen molar-refractivity contribution in [2.45, 2.75) is 4.90 Å². The maximum atomic E-state index is 12.2. The van der Waals surface area contributed by atoms with Crippen LogP contribution in [0.3, 0.4) is 0 Å². The molecule has 1 heterocycles. The van der Waals surface area contributed by atoms with Crippen LogP contribution >= 0.6 is 31.9 Å². The van der Waals surface area contributed by atoms with Gasteiger partial charge in [0.2, 0.25) is 5.76 Å². The van der Waals surface area contributed by atoms with E-state index in [9.17, 15) is 13.2 Å². The van der Waals surface area contributed by atoms with E-state index in [1.54, 1.807) is 24.3 Å².